The van der Waals surface area contributed by atoms with Gasteiger partial charge in [-0.1, -0.05) is 29.9 Å². The molecule has 1 aliphatic rings. The van der Waals surface area contributed by atoms with E-state index < -0.39 is 23.5 Å². The Balaban J connectivity index is 1.84. The molecule has 1 aliphatic heterocycles. The van der Waals surface area contributed by atoms with Crippen LogP contribution in [0.1, 0.15) is 22.9 Å². The molecule has 1 amide bonds. The van der Waals surface area contributed by atoms with Crippen LogP contribution in [0.4, 0.5) is 10.2 Å². The van der Waals surface area contributed by atoms with Crippen LogP contribution in [0.25, 0.3) is 5.76 Å². The Bertz CT molecular complexity index is 1210. The normalized spacial score (nSPS) is 17.6. The summed E-state index contributed by atoms with van der Waals surface area (Å²) >= 11 is 0. The number of aliphatic hydroxyl groups excluding tert-OH is 1. The van der Waals surface area contributed by atoms with E-state index in [0.717, 1.165) is 4.90 Å². The lowest BCUT2D eigenvalue weighted by Crippen LogP contribution is -2.29. The molecule has 0 radical (unpaired) electrons. The van der Waals surface area contributed by atoms with Crippen molar-refractivity contribution in [3.8, 4) is 5.75 Å². The molecule has 162 valence electrons. The molecule has 7 nitrogen and oxygen atoms in total. The lowest BCUT2D eigenvalue weighted by molar-refractivity contribution is -0.132. The fraction of sp³-hybridized carbons (Fsp3) is 0.125. The van der Waals surface area contributed by atoms with Gasteiger partial charge in [-0.25, -0.2) is 4.39 Å². The van der Waals surface area contributed by atoms with Gasteiger partial charge in [-0.2, -0.15) is 0 Å². The summed E-state index contributed by atoms with van der Waals surface area (Å²) in [5, 5.41) is 14.9. The largest absolute Gasteiger partial charge is 0.507 e. The first kappa shape index (κ1) is 21.0. The second-order valence-corrected chi connectivity index (χ2v) is 7.14. The van der Waals surface area contributed by atoms with Crippen molar-refractivity contribution in [2.45, 2.75) is 13.0 Å². The van der Waals surface area contributed by atoms with Crippen molar-refractivity contribution in [1.82, 2.24) is 5.16 Å². The summed E-state index contributed by atoms with van der Waals surface area (Å²) in [6, 6.07) is 12.2. The molecule has 3 aromatic rings. The first-order valence-electron chi connectivity index (χ1n) is 9.74. The summed E-state index contributed by atoms with van der Waals surface area (Å²) in [4.78, 5) is 27.1. The van der Waals surface area contributed by atoms with E-state index in [1.54, 1.807) is 37.3 Å². The van der Waals surface area contributed by atoms with Gasteiger partial charge >= 0.3 is 5.91 Å². The lowest BCUT2D eigenvalue weighted by Gasteiger charge is -2.22. The zero-order valence-electron chi connectivity index (χ0n) is 17.1. The van der Waals surface area contributed by atoms with Gasteiger partial charge in [-0.3, -0.25) is 14.5 Å². The average molecular weight is 434 g/mol. The van der Waals surface area contributed by atoms with Crippen molar-refractivity contribution in [2.24, 2.45) is 0 Å². The number of hydrogen-bond donors (Lipinski definition) is 1. The molecule has 1 aromatic heterocycles. The van der Waals surface area contributed by atoms with Crippen LogP contribution in [-0.4, -0.2) is 28.6 Å². The number of ether oxygens (including phenoxy) is 1. The monoisotopic (exact) mass is 434 g/mol. The van der Waals surface area contributed by atoms with Crippen molar-refractivity contribution >= 4 is 23.3 Å². The third-order valence-electron chi connectivity index (χ3n) is 4.99. The van der Waals surface area contributed by atoms with Crippen molar-refractivity contribution in [1.29, 1.82) is 0 Å². The second-order valence-electron chi connectivity index (χ2n) is 7.14. The maximum atomic E-state index is 13.5. The molecule has 1 atom stereocenters. The van der Waals surface area contributed by atoms with E-state index in [1.807, 2.05) is 0 Å². The van der Waals surface area contributed by atoms with E-state index in [4.69, 9.17) is 9.26 Å². The number of nitrogens with zero attached hydrogens (tertiary/aromatic N) is 2. The highest BCUT2D eigenvalue weighted by molar-refractivity contribution is 6.51. The predicted octanol–water partition coefficient (Wildman–Crippen LogP) is 4.31. The number of anilines is 1. The smallest absolute Gasteiger partial charge is 0.301 e. The van der Waals surface area contributed by atoms with Crippen molar-refractivity contribution < 1.29 is 28.3 Å². The molecule has 32 heavy (non-hydrogen) atoms. The fourth-order valence-electron chi connectivity index (χ4n) is 3.52. The molecule has 1 fully saturated rings. The van der Waals surface area contributed by atoms with Crippen LogP contribution in [0, 0.1) is 12.7 Å². The van der Waals surface area contributed by atoms with Crippen LogP contribution in [0.2, 0.25) is 0 Å². The Hall–Kier alpha value is -4.20. The summed E-state index contributed by atoms with van der Waals surface area (Å²) in [5.41, 5.74) is 0.609. The highest BCUT2D eigenvalue weighted by atomic mass is 19.1. The number of carbonyl (C=O) groups is 2. The summed E-state index contributed by atoms with van der Waals surface area (Å²) in [6.07, 6.45) is 1.60. The van der Waals surface area contributed by atoms with Gasteiger partial charge < -0.3 is 14.4 Å². The van der Waals surface area contributed by atoms with Gasteiger partial charge in [0.15, 0.2) is 5.82 Å². The molecule has 2 heterocycles. The number of halogens is 1. The topological polar surface area (TPSA) is 92.9 Å². The van der Waals surface area contributed by atoms with Gasteiger partial charge in [0.05, 0.1) is 11.6 Å². The van der Waals surface area contributed by atoms with Gasteiger partial charge in [0.1, 0.15) is 29.7 Å². The minimum atomic E-state index is -1.02. The minimum Gasteiger partial charge on any atom is -0.507 e. The van der Waals surface area contributed by atoms with Gasteiger partial charge in [0, 0.05) is 11.6 Å². The van der Waals surface area contributed by atoms with Crippen LogP contribution in [0.15, 0.2) is 77.3 Å². The number of rotatable bonds is 6. The van der Waals surface area contributed by atoms with E-state index in [9.17, 15) is 19.1 Å². The van der Waals surface area contributed by atoms with E-state index in [1.165, 1.54) is 30.3 Å². The maximum absolute atomic E-state index is 13.5. The van der Waals surface area contributed by atoms with Crippen LogP contribution in [-0.2, 0) is 9.59 Å². The number of aryl methyl sites for hydroxylation is 1. The molecule has 1 saturated heterocycles. The highest BCUT2D eigenvalue weighted by Gasteiger charge is 2.48. The number of amides is 1. The second kappa shape index (κ2) is 8.50. The molecular weight excluding hydrogens is 415 g/mol. The number of Topliss-reactive ketones (excluding diaryl/α,β-unsaturated/α-hetero) is 1. The molecule has 8 heteroatoms. The molecule has 0 bridgehead atoms. The Morgan fingerprint density at radius 2 is 1.91 bits per heavy atom. The summed E-state index contributed by atoms with van der Waals surface area (Å²) < 4.78 is 24.1. The number of carbonyl (C=O) groups excluding carboxylic acids is 2. The van der Waals surface area contributed by atoms with Gasteiger partial charge in [-0.15, -0.1) is 0 Å². The third kappa shape index (κ3) is 3.78. The molecule has 2 aromatic carbocycles. The summed E-state index contributed by atoms with van der Waals surface area (Å²) in [6.45, 7) is 5.55. The van der Waals surface area contributed by atoms with Crippen LogP contribution in [0.5, 0.6) is 5.75 Å². The number of benzene rings is 2. The number of aromatic nitrogens is 1. The first-order chi connectivity index (χ1) is 15.4. The molecule has 0 saturated carbocycles. The standard InChI is InChI=1S/C24H19FN2O5/c1-3-12-31-18-10-6-16(7-11-18)22(28)20-21(15-4-8-17(25)9-5-15)27(24(30)23(20)29)19-13-14(2)32-26-19/h3-11,13,21,28H,1,12H2,2H3/b22-20+. The molecule has 0 aliphatic carbocycles. The van der Waals surface area contributed by atoms with E-state index in [2.05, 4.69) is 11.7 Å². The Kier molecular flexibility index (Phi) is 5.59. The Labute approximate surface area is 183 Å². The predicted molar refractivity (Wildman–Crippen MR) is 115 cm³/mol. The molecular formula is C24H19FN2O5. The SMILES string of the molecule is C=CCOc1ccc(/C(O)=C2\C(=O)C(=O)N(c3cc(C)on3)C2c2ccc(F)cc2)cc1. The molecule has 4 rings (SSSR count). The van der Waals surface area contributed by atoms with Crippen molar-refractivity contribution in [3.63, 3.8) is 0 Å². The van der Waals surface area contributed by atoms with Gasteiger partial charge in [0.25, 0.3) is 5.78 Å². The number of ketones is 1. The fourth-order valence-corrected chi connectivity index (χ4v) is 3.52. The van der Waals surface area contributed by atoms with Crippen molar-refractivity contribution in [3.05, 3.63) is 95.5 Å². The molecule has 0 spiro atoms. The Morgan fingerprint density at radius 1 is 1.22 bits per heavy atom. The quantitative estimate of drug-likeness (QED) is 0.269. The van der Waals surface area contributed by atoms with Gasteiger partial charge in [-0.05, 0) is 48.9 Å². The minimum absolute atomic E-state index is 0.117. The summed E-state index contributed by atoms with van der Waals surface area (Å²) in [7, 11) is 0. The third-order valence-corrected chi connectivity index (χ3v) is 4.99. The van der Waals surface area contributed by atoms with Crippen LogP contribution >= 0.6 is 0 Å². The summed E-state index contributed by atoms with van der Waals surface area (Å²) in [5.74, 6) is -1.49. The molecule has 1 unspecified atom stereocenters. The number of aliphatic hydroxyl groups is 1. The maximum Gasteiger partial charge on any atom is 0.301 e. The van der Waals surface area contributed by atoms with E-state index in [0.29, 0.717) is 29.2 Å². The number of hydrogen-bond acceptors (Lipinski definition) is 6. The van der Waals surface area contributed by atoms with E-state index in [-0.39, 0.29) is 17.2 Å². The average Bonchev–Trinajstić information content (AvgIpc) is 3.33. The van der Waals surface area contributed by atoms with Crippen LogP contribution < -0.4 is 9.64 Å². The van der Waals surface area contributed by atoms with Crippen molar-refractivity contribution in [2.75, 3.05) is 11.5 Å². The zero-order chi connectivity index (χ0) is 22.8. The zero-order valence-corrected chi connectivity index (χ0v) is 17.1. The lowest BCUT2D eigenvalue weighted by atomic mass is 9.95. The first-order valence-corrected chi connectivity index (χ1v) is 9.74. The molecule has 1 N–H and O–H groups in total. The van der Waals surface area contributed by atoms with E-state index >= 15 is 0 Å². The van der Waals surface area contributed by atoms with Crippen LogP contribution in [0.3, 0.4) is 0 Å². The highest BCUT2D eigenvalue weighted by Crippen LogP contribution is 2.42. The Morgan fingerprint density at radius 3 is 2.50 bits per heavy atom. The van der Waals surface area contributed by atoms with Gasteiger partial charge in [0.2, 0.25) is 0 Å².